The molecule has 2 amide bonds. The Morgan fingerprint density at radius 1 is 1.43 bits per heavy atom. The largest absolute Gasteiger partial charge is 0.444 e. The number of nitrogens with zero attached hydrogens (tertiary/aromatic N) is 2. The molecule has 0 bridgehead atoms. The van der Waals surface area contributed by atoms with Crippen LogP contribution >= 0.6 is 0 Å². The number of piperazine rings is 1. The fraction of sp³-hybridized carbons (Fsp3) is 0.667. The fourth-order valence-corrected chi connectivity index (χ4v) is 2.97. The molecule has 21 heavy (non-hydrogen) atoms. The Hall–Kier alpha value is -1.85. The summed E-state index contributed by atoms with van der Waals surface area (Å²) in [4.78, 5) is 30.9. The lowest BCUT2D eigenvalue weighted by Gasteiger charge is -2.40. The van der Waals surface area contributed by atoms with Crippen LogP contribution in [0.15, 0.2) is 10.6 Å². The van der Waals surface area contributed by atoms with Crippen molar-refractivity contribution < 1.29 is 14.0 Å². The van der Waals surface area contributed by atoms with E-state index in [0.717, 1.165) is 12.8 Å². The minimum atomic E-state index is -0.459. The summed E-state index contributed by atoms with van der Waals surface area (Å²) < 4.78 is 5.47. The molecule has 1 aromatic rings. The second kappa shape index (κ2) is 5.16. The number of hydrogen-bond acceptors (Lipinski definition) is 4. The number of hydrogen-bond donors (Lipinski definition) is 1. The maximum atomic E-state index is 12.7. The van der Waals surface area contributed by atoms with E-state index in [1.54, 1.807) is 11.1 Å². The van der Waals surface area contributed by atoms with E-state index < -0.39 is 6.04 Å². The topological polar surface area (TPSA) is 75.4 Å². The van der Waals surface area contributed by atoms with Gasteiger partial charge >= 0.3 is 0 Å². The van der Waals surface area contributed by atoms with E-state index in [1.165, 1.54) is 0 Å². The molecule has 1 aliphatic carbocycles. The average Bonchev–Trinajstić information content (AvgIpc) is 3.17. The van der Waals surface area contributed by atoms with Gasteiger partial charge in [-0.1, -0.05) is 13.8 Å². The van der Waals surface area contributed by atoms with Crippen molar-refractivity contribution in [1.29, 1.82) is 0 Å². The van der Waals surface area contributed by atoms with E-state index >= 15 is 0 Å². The SMILES string of the molecule is Cc1cnc(CN2C(=O)C(C3CC3)NC(=O)C2C(C)C)o1. The third-order valence-corrected chi connectivity index (χ3v) is 4.15. The zero-order chi connectivity index (χ0) is 15.1. The number of aromatic nitrogens is 1. The molecule has 0 radical (unpaired) electrons. The zero-order valence-corrected chi connectivity index (χ0v) is 12.6. The Morgan fingerprint density at radius 2 is 2.14 bits per heavy atom. The first-order chi connectivity index (χ1) is 9.97. The fourth-order valence-electron chi connectivity index (χ4n) is 2.97. The van der Waals surface area contributed by atoms with Crippen molar-refractivity contribution in [2.24, 2.45) is 11.8 Å². The van der Waals surface area contributed by atoms with Gasteiger partial charge in [0, 0.05) is 0 Å². The first kappa shape index (κ1) is 14.1. The summed E-state index contributed by atoms with van der Waals surface area (Å²) in [6, 6.07) is -0.830. The van der Waals surface area contributed by atoms with Crippen molar-refractivity contribution in [1.82, 2.24) is 15.2 Å². The number of nitrogens with one attached hydrogen (secondary N) is 1. The van der Waals surface area contributed by atoms with Gasteiger partial charge < -0.3 is 14.6 Å². The minimum absolute atomic E-state index is 0.00773. The average molecular weight is 291 g/mol. The highest BCUT2D eigenvalue weighted by molar-refractivity contribution is 5.97. The highest BCUT2D eigenvalue weighted by atomic mass is 16.4. The molecule has 2 atom stereocenters. The van der Waals surface area contributed by atoms with E-state index in [9.17, 15) is 9.59 Å². The summed E-state index contributed by atoms with van der Waals surface area (Å²) in [6.45, 7) is 5.96. The van der Waals surface area contributed by atoms with Crippen LogP contribution < -0.4 is 5.32 Å². The van der Waals surface area contributed by atoms with Crippen LogP contribution in [-0.2, 0) is 16.1 Å². The monoisotopic (exact) mass is 291 g/mol. The highest BCUT2D eigenvalue weighted by Crippen LogP contribution is 2.36. The van der Waals surface area contributed by atoms with Gasteiger partial charge in [-0.05, 0) is 31.6 Å². The minimum Gasteiger partial charge on any atom is -0.444 e. The molecule has 6 heteroatoms. The normalized spacial score (nSPS) is 26.4. The predicted octanol–water partition coefficient (Wildman–Crippen LogP) is 1.24. The second-order valence-corrected chi connectivity index (χ2v) is 6.34. The van der Waals surface area contributed by atoms with Crippen LogP contribution in [0, 0.1) is 18.8 Å². The predicted molar refractivity (Wildman–Crippen MR) is 75.1 cm³/mol. The van der Waals surface area contributed by atoms with E-state index in [2.05, 4.69) is 10.3 Å². The van der Waals surface area contributed by atoms with Crippen LogP contribution in [0.1, 0.15) is 38.3 Å². The van der Waals surface area contributed by atoms with Gasteiger partial charge in [-0.25, -0.2) is 4.98 Å². The molecule has 0 aromatic carbocycles. The van der Waals surface area contributed by atoms with Gasteiger partial charge in [-0.15, -0.1) is 0 Å². The van der Waals surface area contributed by atoms with Crippen LogP contribution in [0.4, 0.5) is 0 Å². The molecular formula is C15H21N3O3. The van der Waals surface area contributed by atoms with Crippen LogP contribution in [0.25, 0.3) is 0 Å². The summed E-state index contributed by atoms with van der Waals surface area (Å²) in [5.74, 6) is 1.46. The second-order valence-electron chi connectivity index (χ2n) is 6.34. The van der Waals surface area contributed by atoms with Crippen molar-refractivity contribution in [2.75, 3.05) is 0 Å². The molecule has 1 saturated heterocycles. The first-order valence-electron chi connectivity index (χ1n) is 7.49. The number of rotatable bonds is 4. The molecule has 2 unspecified atom stereocenters. The third kappa shape index (κ3) is 2.66. The molecule has 6 nitrogen and oxygen atoms in total. The molecule has 2 heterocycles. The Bertz CT molecular complexity index is 562. The lowest BCUT2D eigenvalue weighted by molar-refractivity contribution is -0.153. The van der Waals surface area contributed by atoms with Crippen LogP contribution in [-0.4, -0.2) is 33.8 Å². The van der Waals surface area contributed by atoms with Crippen LogP contribution in [0.2, 0.25) is 0 Å². The molecule has 1 saturated carbocycles. The molecule has 2 aliphatic rings. The summed E-state index contributed by atoms with van der Waals surface area (Å²) in [6.07, 6.45) is 3.65. The number of amides is 2. The Balaban J connectivity index is 1.86. The quantitative estimate of drug-likeness (QED) is 0.905. The molecule has 1 aliphatic heterocycles. The van der Waals surface area contributed by atoms with Crippen molar-refractivity contribution in [3.8, 4) is 0 Å². The van der Waals surface area contributed by atoms with Gasteiger partial charge in [0.05, 0.1) is 12.7 Å². The molecule has 1 aromatic heterocycles. The Morgan fingerprint density at radius 3 is 2.67 bits per heavy atom. The maximum Gasteiger partial charge on any atom is 0.246 e. The van der Waals surface area contributed by atoms with Crippen molar-refractivity contribution in [2.45, 2.75) is 52.2 Å². The van der Waals surface area contributed by atoms with E-state index in [1.807, 2.05) is 20.8 Å². The van der Waals surface area contributed by atoms with Gasteiger partial charge in [-0.2, -0.15) is 0 Å². The first-order valence-corrected chi connectivity index (χ1v) is 7.49. The Labute approximate surface area is 123 Å². The molecule has 0 spiro atoms. The van der Waals surface area contributed by atoms with Gasteiger partial charge in [-0.3, -0.25) is 9.59 Å². The van der Waals surface area contributed by atoms with E-state index in [0.29, 0.717) is 17.6 Å². The van der Waals surface area contributed by atoms with Crippen LogP contribution in [0.5, 0.6) is 0 Å². The van der Waals surface area contributed by atoms with Gasteiger partial charge in [0.15, 0.2) is 0 Å². The lowest BCUT2D eigenvalue weighted by Crippen LogP contribution is -2.65. The number of oxazole rings is 1. The molecule has 3 rings (SSSR count). The molecular weight excluding hydrogens is 270 g/mol. The lowest BCUT2D eigenvalue weighted by atomic mass is 9.95. The summed E-state index contributed by atoms with van der Waals surface area (Å²) in [5, 5.41) is 2.90. The van der Waals surface area contributed by atoms with Gasteiger partial charge in [0.1, 0.15) is 17.8 Å². The van der Waals surface area contributed by atoms with Crippen molar-refractivity contribution >= 4 is 11.8 Å². The van der Waals surface area contributed by atoms with Gasteiger partial charge in [0.2, 0.25) is 17.7 Å². The zero-order valence-electron chi connectivity index (χ0n) is 12.6. The number of carbonyl (C=O) groups is 2. The third-order valence-electron chi connectivity index (χ3n) is 4.15. The highest BCUT2D eigenvalue weighted by Gasteiger charge is 2.47. The van der Waals surface area contributed by atoms with Crippen LogP contribution in [0.3, 0.4) is 0 Å². The number of carbonyl (C=O) groups excluding carboxylic acids is 2. The van der Waals surface area contributed by atoms with E-state index in [4.69, 9.17) is 4.42 Å². The summed E-state index contributed by atoms with van der Waals surface area (Å²) in [5.41, 5.74) is 0. The van der Waals surface area contributed by atoms with Crippen molar-refractivity contribution in [3.63, 3.8) is 0 Å². The standard InChI is InChI=1S/C15H21N3O3/c1-8(2)13-14(19)17-12(10-4-5-10)15(20)18(13)7-11-16-6-9(3)21-11/h6,8,10,12-13H,4-5,7H2,1-3H3,(H,17,19). The van der Waals surface area contributed by atoms with E-state index in [-0.39, 0.29) is 30.3 Å². The molecule has 2 fully saturated rings. The summed E-state index contributed by atoms with van der Waals surface area (Å²) in [7, 11) is 0. The molecule has 114 valence electrons. The Kier molecular flexibility index (Phi) is 3.47. The van der Waals surface area contributed by atoms with Crippen molar-refractivity contribution in [3.05, 3.63) is 17.8 Å². The van der Waals surface area contributed by atoms with Gasteiger partial charge in [0.25, 0.3) is 0 Å². The smallest absolute Gasteiger partial charge is 0.246 e. The summed E-state index contributed by atoms with van der Waals surface area (Å²) >= 11 is 0. The maximum absolute atomic E-state index is 12.7. The number of aryl methyl sites for hydroxylation is 1. The molecule has 1 N–H and O–H groups in total.